The van der Waals surface area contributed by atoms with E-state index in [-0.39, 0.29) is 10.6 Å². The van der Waals surface area contributed by atoms with Crippen molar-refractivity contribution in [3.8, 4) is 5.75 Å². The Hall–Kier alpha value is -3.11. The lowest BCUT2D eigenvalue weighted by molar-refractivity contribution is -0.384. The topological polar surface area (TPSA) is 138 Å². The number of anilines is 1. The fraction of sp³-hybridized carbons (Fsp3) is 0.176. The van der Waals surface area contributed by atoms with Gasteiger partial charge in [-0.1, -0.05) is 12.1 Å². The summed E-state index contributed by atoms with van der Waals surface area (Å²) in [6.45, 7) is 1.77. The van der Waals surface area contributed by atoms with E-state index in [1.54, 1.807) is 19.1 Å². The van der Waals surface area contributed by atoms with Crippen LogP contribution in [-0.2, 0) is 10.0 Å². The van der Waals surface area contributed by atoms with Gasteiger partial charge < -0.3 is 14.5 Å². The van der Waals surface area contributed by atoms with E-state index in [0.717, 1.165) is 11.5 Å². The van der Waals surface area contributed by atoms with Crippen LogP contribution < -0.4 is 15.2 Å². The lowest BCUT2D eigenvalue weighted by Crippen LogP contribution is -2.13. The van der Waals surface area contributed by atoms with Crippen LogP contribution >= 0.6 is 0 Å². The molecule has 1 aromatic heterocycles. The van der Waals surface area contributed by atoms with Crippen LogP contribution in [0.25, 0.3) is 11.0 Å². The summed E-state index contributed by atoms with van der Waals surface area (Å²) in [5, 5.41) is 20.2. The fourth-order valence-electron chi connectivity index (χ4n) is 2.70. The molecule has 0 spiro atoms. The lowest BCUT2D eigenvalue weighted by Gasteiger charge is -2.13. The molecule has 3 rings (SSSR count). The predicted molar refractivity (Wildman–Crippen MR) is 99.3 cm³/mol. The second-order valence-corrected chi connectivity index (χ2v) is 7.44. The number of furan rings is 1. The first-order valence-corrected chi connectivity index (χ1v) is 9.39. The molecule has 0 amide bonds. The first-order valence-electron chi connectivity index (χ1n) is 7.85. The molecule has 1 heterocycles. The van der Waals surface area contributed by atoms with Crippen molar-refractivity contribution in [1.82, 2.24) is 0 Å². The monoisotopic (exact) mass is 391 g/mol. The van der Waals surface area contributed by atoms with Gasteiger partial charge in [0.05, 0.1) is 23.0 Å². The van der Waals surface area contributed by atoms with Crippen LogP contribution in [0.5, 0.6) is 5.75 Å². The van der Waals surface area contributed by atoms with Crippen LogP contribution in [0.1, 0.15) is 18.7 Å². The Kier molecular flexibility index (Phi) is 4.77. The maximum Gasteiger partial charge on any atom is 0.293 e. The van der Waals surface area contributed by atoms with Crippen molar-refractivity contribution in [3.05, 3.63) is 58.3 Å². The van der Waals surface area contributed by atoms with E-state index in [0.29, 0.717) is 17.1 Å². The van der Waals surface area contributed by atoms with E-state index in [2.05, 4.69) is 5.32 Å². The summed E-state index contributed by atoms with van der Waals surface area (Å²) in [6, 6.07) is 10.3. The minimum absolute atomic E-state index is 0.146. The molecule has 0 aliphatic rings. The molecule has 2 aromatic carbocycles. The van der Waals surface area contributed by atoms with Gasteiger partial charge in [-0.15, -0.1) is 0 Å². The Bertz CT molecular complexity index is 1120. The van der Waals surface area contributed by atoms with E-state index < -0.39 is 26.7 Å². The number of ether oxygens (including phenoxy) is 1. The van der Waals surface area contributed by atoms with Gasteiger partial charge in [0.1, 0.15) is 11.4 Å². The number of para-hydroxylation sites is 1. The molecule has 27 heavy (non-hydrogen) atoms. The van der Waals surface area contributed by atoms with Crippen LogP contribution in [0, 0.1) is 10.1 Å². The molecule has 3 aromatic rings. The molecule has 3 N–H and O–H groups in total. The Morgan fingerprint density at radius 1 is 1.26 bits per heavy atom. The minimum atomic E-state index is -4.05. The third-order valence-electron chi connectivity index (χ3n) is 4.04. The zero-order chi connectivity index (χ0) is 19.8. The summed E-state index contributed by atoms with van der Waals surface area (Å²) in [5.74, 6) is 1.12. The first-order chi connectivity index (χ1) is 12.7. The van der Waals surface area contributed by atoms with Crippen molar-refractivity contribution >= 4 is 32.4 Å². The summed E-state index contributed by atoms with van der Waals surface area (Å²) in [6.07, 6.45) is 0. The molecule has 0 aliphatic heterocycles. The average molecular weight is 391 g/mol. The molecular weight excluding hydrogens is 374 g/mol. The molecular formula is C17H17N3O6S. The van der Waals surface area contributed by atoms with Gasteiger partial charge in [0.2, 0.25) is 10.0 Å². The smallest absolute Gasteiger partial charge is 0.293 e. The number of hydrogen-bond acceptors (Lipinski definition) is 7. The molecule has 1 atom stereocenters. The van der Waals surface area contributed by atoms with Gasteiger partial charge in [0.15, 0.2) is 11.3 Å². The van der Waals surface area contributed by atoms with E-state index in [1.165, 1.54) is 19.2 Å². The van der Waals surface area contributed by atoms with Gasteiger partial charge >= 0.3 is 0 Å². The quantitative estimate of drug-likeness (QED) is 0.486. The van der Waals surface area contributed by atoms with Crippen LogP contribution in [0.3, 0.4) is 0 Å². The van der Waals surface area contributed by atoms with Crippen LogP contribution in [0.15, 0.2) is 51.8 Å². The van der Waals surface area contributed by atoms with E-state index in [1.807, 2.05) is 12.1 Å². The zero-order valence-electron chi connectivity index (χ0n) is 14.5. The molecule has 0 saturated carbocycles. The standard InChI is InChI=1S/C17H17N3O6S/c1-10(16-8-11-4-3-5-15(25-2)17(11)26-16)19-13-7-6-12(27(18,23)24)9-14(13)20(21)22/h3-10,19H,1-2H3,(H2,18,23,24). The number of nitrogens with zero attached hydrogens (tertiary/aromatic N) is 1. The highest BCUT2D eigenvalue weighted by Gasteiger charge is 2.22. The summed E-state index contributed by atoms with van der Waals surface area (Å²) >= 11 is 0. The SMILES string of the molecule is COc1cccc2cc(C(C)Nc3ccc(S(N)(=O)=O)cc3[N+](=O)[O-])oc12. The fourth-order valence-corrected chi connectivity index (χ4v) is 3.23. The number of nitrogens with one attached hydrogen (secondary N) is 1. The third-order valence-corrected chi connectivity index (χ3v) is 4.95. The second-order valence-electron chi connectivity index (χ2n) is 5.87. The number of nitrogens with two attached hydrogens (primary N) is 1. The van der Waals surface area contributed by atoms with E-state index in [9.17, 15) is 18.5 Å². The number of benzene rings is 2. The number of methoxy groups -OCH3 is 1. The van der Waals surface area contributed by atoms with Crippen molar-refractivity contribution < 1.29 is 22.5 Å². The Balaban J connectivity index is 1.96. The molecule has 142 valence electrons. The predicted octanol–water partition coefficient (Wildman–Crippen LogP) is 3.17. The summed E-state index contributed by atoms with van der Waals surface area (Å²) in [7, 11) is -2.51. The number of rotatable bonds is 6. The van der Waals surface area contributed by atoms with Crippen LogP contribution in [-0.4, -0.2) is 20.5 Å². The number of nitro groups is 1. The van der Waals surface area contributed by atoms with Crippen molar-refractivity contribution in [2.75, 3.05) is 12.4 Å². The summed E-state index contributed by atoms with van der Waals surface area (Å²) < 4.78 is 34.0. The molecule has 1 unspecified atom stereocenters. The molecule has 0 aliphatic carbocycles. The largest absolute Gasteiger partial charge is 0.493 e. The Morgan fingerprint density at radius 2 is 2.00 bits per heavy atom. The van der Waals surface area contributed by atoms with Crippen molar-refractivity contribution in [3.63, 3.8) is 0 Å². The van der Waals surface area contributed by atoms with Gasteiger partial charge in [0.25, 0.3) is 5.69 Å². The van der Waals surface area contributed by atoms with Crippen molar-refractivity contribution in [1.29, 1.82) is 0 Å². The molecule has 0 saturated heterocycles. The number of primary sulfonamides is 1. The van der Waals surface area contributed by atoms with Gasteiger partial charge in [-0.05, 0) is 31.2 Å². The van der Waals surface area contributed by atoms with Gasteiger partial charge in [0, 0.05) is 11.5 Å². The number of hydrogen-bond donors (Lipinski definition) is 2. The third kappa shape index (κ3) is 3.71. The minimum Gasteiger partial charge on any atom is -0.493 e. The zero-order valence-corrected chi connectivity index (χ0v) is 15.3. The average Bonchev–Trinajstić information content (AvgIpc) is 3.05. The van der Waals surface area contributed by atoms with Crippen molar-refractivity contribution in [2.24, 2.45) is 5.14 Å². The van der Waals surface area contributed by atoms with E-state index in [4.69, 9.17) is 14.3 Å². The highest BCUT2D eigenvalue weighted by Crippen LogP contribution is 2.34. The molecule has 0 radical (unpaired) electrons. The highest BCUT2D eigenvalue weighted by atomic mass is 32.2. The lowest BCUT2D eigenvalue weighted by atomic mass is 10.2. The van der Waals surface area contributed by atoms with Crippen LogP contribution in [0.4, 0.5) is 11.4 Å². The molecule has 10 heteroatoms. The first kappa shape index (κ1) is 18.7. The Labute approximate surface area is 154 Å². The van der Waals surface area contributed by atoms with Crippen molar-refractivity contribution in [2.45, 2.75) is 17.9 Å². The number of sulfonamides is 1. The van der Waals surface area contributed by atoms with Crippen LogP contribution in [0.2, 0.25) is 0 Å². The maximum absolute atomic E-state index is 11.4. The summed E-state index contributed by atoms with van der Waals surface area (Å²) in [4.78, 5) is 10.3. The highest BCUT2D eigenvalue weighted by molar-refractivity contribution is 7.89. The van der Waals surface area contributed by atoms with Gasteiger partial charge in [-0.3, -0.25) is 10.1 Å². The number of nitro benzene ring substituents is 1. The van der Waals surface area contributed by atoms with Gasteiger partial charge in [-0.25, -0.2) is 13.6 Å². The van der Waals surface area contributed by atoms with Gasteiger partial charge in [-0.2, -0.15) is 0 Å². The maximum atomic E-state index is 11.4. The molecule has 9 nitrogen and oxygen atoms in total. The number of fused-ring (bicyclic) bond motifs is 1. The molecule has 0 fully saturated rings. The second kappa shape index (κ2) is 6.89. The normalized spacial score (nSPS) is 12.7. The molecule has 0 bridgehead atoms. The summed E-state index contributed by atoms with van der Waals surface area (Å²) in [5.41, 5.74) is 0.317. The van der Waals surface area contributed by atoms with E-state index >= 15 is 0 Å². The Morgan fingerprint density at radius 3 is 2.63 bits per heavy atom.